The van der Waals surface area contributed by atoms with E-state index in [-0.39, 0.29) is 24.9 Å². The fraction of sp³-hybridized carbons (Fsp3) is 0.500. The van der Waals surface area contributed by atoms with Gasteiger partial charge < -0.3 is 15.7 Å². The quantitative estimate of drug-likeness (QED) is 0.796. The number of nitrogens with one attached hydrogen (secondary N) is 2. The van der Waals surface area contributed by atoms with Crippen LogP contribution >= 0.6 is 24.0 Å². The van der Waals surface area contributed by atoms with E-state index >= 15 is 0 Å². The van der Waals surface area contributed by atoms with Gasteiger partial charge in [-0.2, -0.15) is 0 Å². The van der Waals surface area contributed by atoms with E-state index in [1.807, 2.05) is 13.0 Å². The maximum atomic E-state index is 12.1. The Kier molecular flexibility index (Phi) is 6.27. The van der Waals surface area contributed by atoms with Crippen LogP contribution in [0.25, 0.3) is 0 Å². The van der Waals surface area contributed by atoms with Crippen molar-refractivity contribution in [1.82, 2.24) is 10.6 Å². The van der Waals surface area contributed by atoms with Gasteiger partial charge in [0.05, 0.1) is 11.6 Å². The molecule has 4 nitrogen and oxygen atoms in total. The number of aliphatic hydroxyl groups is 1. The van der Waals surface area contributed by atoms with E-state index < -0.39 is 11.6 Å². The zero-order valence-electron chi connectivity index (χ0n) is 11.4. The second-order valence-electron chi connectivity index (χ2n) is 5.11. The fourth-order valence-electron chi connectivity index (χ4n) is 2.33. The minimum absolute atomic E-state index is 0. The van der Waals surface area contributed by atoms with Crippen LogP contribution in [-0.2, 0) is 4.79 Å². The summed E-state index contributed by atoms with van der Waals surface area (Å²) < 4.78 is 0. The highest BCUT2D eigenvalue weighted by atomic mass is 35.5. The number of rotatable bonds is 4. The second-order valence-corrected chi connectivity index (χ2v) is 5.52. The molecule has 20 heavy (non-hydrogen) atoms. The van der Waals surface area contributed by atoms with Crippen LogP contribution in [-0.4, -0.2) is 29.6 Å². The normalized spacial score (nSPS) is 22.9. The third-order valence-corrected chi connectivity index (χ3v) is 3.93. The minimum atomic E-state index is -0.789. The molecule has 0 spiro atoms. The standard InChI is InChI=1S/C14H19ClN2O2.ClH/c1-14(7-4-8-17-14)13(19)16-9-12(18)10-5-2-3-6-11(10)15;/h2-3,5-6,12,17-18H,4,7-9H2,1H3,(H,16,19);1H. The van der Waals surface area contributed by atoms with Crippen molar-refractivity contribution < 1.29 is 9.90 Å². The Morgan fingerprint density at radius 2 is 2.25 bits per heavy atom. The number of hydrogen-bond acceptors (Lipinski definition) is 3. The van der Waals surface area contributed by atoms with Gasteiger partial charge in [0.25, 0.3) is 0 Å². The Labute approximate surface area is 130 Å². The number of carbonyl (C=O) groups excluding carboxylic acids is 1. The van der Waals surface area contributed by atoms with E-state index in [2.05, 4.69) is 10.6 Å². The first-order chi connectivity index (χ1) is 9.03. The molecule has 1 fully saturated rings. The van der Waals surface area contributed by atoms with Crippen molar-refractivity contribution in [3.8, 4) is 0 Å². The van der Waals surface area contributed by atoms with E-state index in [1.165, 1.54) is 0 Å². The molecule has 0 saturated carbocycles. The lowest BCUT2D eigenvalue weighted by atomic mass is 9.99. The number of hydrogen-bond donors (Lipinski definition) is 3. The molecule has 112 valence electrons. The van der Waals surface area contributed by atoms with Gasteiger partial charge in [0.2, 0.25) is 5.91 Å². The predicted molar refractivity (Wildman–Crippen MR) is 82.3 cm³/mol. The molecule has 0 aromatic heterocycles. The lowest BCUT2D eigenvalue weighted by Crippen LogP contribution is -2.51. The molecule has 0 aliphatic carbocycles. The van der Waals surface area contributed by atoms with E-state index in [4.69, 9.17) is 11.6 Å². The highest BCUT2D eigenvalue weighted by Gasteiger charge is 2.35. The summed E-state index contributed by atoms with van der Waals surface area (Å²) >= 11 is 6.00. The molecule has 2 atom stereocenters. The Morgan fingerprint density at radius 1 is 1.55 bits per heavy atom. The van der Waals surface area contributed by atoms with Crippen LogP contribution < -0.4 is 10.6 Å². The van der Waals surface area contributed by atoms with E-state index in [9.17, 15) is 9.90 Å². The van der Waals surface area contributed by atoms with Crippen molar-refractivity contribution in [2.75, 3.05) is 13.1 Å². The van der Waals surface area contributed by atoms with Crippen molar-refractivity contribution in [3.63, 3.8) is 0 Å². The van der Waals surface area contributed by atoms with Crippen molar-refractivity contribution in [1.29, 1.82) is 0 Å². The molecular weight excluding hydrogens is 299 g/mol. The van der Waals surface area contributed by atoms with E-state index in [0.29, 0.717) is 10.6 Å². The van der Waals surface area contributed by atoms with Gasteiger partial charge >= 0.3 is 0 Å². The first kappa shape index (κ1) is 17.2. The topological polar surface area (TPSA) is 61.4 Å². The minimum Gasteiger partial charge on any atom is -0.387 e. The number of amides is 1. The van der Waals surface area contributed by atoms with Crippen molar-refractivity contribution in [2.45, 2.75) is 31.4 Å². The summed E-state index contributed by atoms with van der Waals surface area (Å²) in [5.74, 6) is -0.0731. The fourth-order valence-corrected chi connectivity index (χ4v) is 2.59. The van der Waals surface area contributed by atoms with Crippen molar-refractivity contribution >= 4 is 29.9 Å². The van der Waals surface area contributed by atoms with Crippen LogP contribution in [0.4, 0.5) is 0 Å². The predicted octanol–water partition coefficient (Wildman–Crippen LogP) is 2.05. The number of aliphatic hydroxyl groups excluding tert-OH is 1. The summed E-state index contributed by atoms with van der Waals surface area (Å²) in [4.78, 5) is 12.1. The highest BCUT2D eigenvalue weighted by molar-refractivity contribution is 6.31. The van der Waals surface area contributed by atoms with Crippen LogP contribution in [0.1, 0.15) is 31.4 Å². The largest absolute Gasteiger partial charge is 0.387 e. The average Bonchev–Trinajstić information content (AvgIpc) is 2.84. The van der Waals surface area contributed by atoms with Gasteiger partial charge in [0.1, 0.15) is 0 Å². The number of halogens is 2. The molecule has 6 heteroatoms. The van der Waals surface area contributed by atoms with E-state index in [1.54, 1.807) is 18.2 Å². The van der Waals surface area contributed by atoms with Crippen molar-refractivity contribution in [3.05, 3.63) is 34.9 Å². The smallest absolute Gasteiger partial charge is 0.240 e. The summed E-state index contributed by atoms with van der Waals surface area (Å²) in [6.07, 6.45) is 1.03. The third kappa shape index (κ3) is 3.85. The molecular formula is C14H20Cl2N2O2. The maximum Gasteiger partial charge on any atom is 0.240 e. The first-order valence-electron chi connectivity index (χ1n) is 6.49. The Hall–Kier alpha value is -0.810. The zero-order chi connectivity index (χ0) is 13.9. The monoisotopic (exact) mass is 318 g/mol. The van der Waals surface area contributed by atoms with Crippen LogP contribution in [0.15, 0.2) is 24.3 Å². The summed E-state index contributed by atoms with van der Waals surface area (Å²) in [6.45, 7) is 2.91. The average molecular weight is 319 g/mol. The molecule has 0 radical (unpaired) electrons. The summed E-state index contributed by atoms with van der Waals surface area (Å²) in [6, 6.07) is 7.10. The van der Waals surface area contributed by atoms with Crippen LogP contribution in [0.3, 0.4) is 0 Å². The van der Waals surface area contributed by atoms with Crippen molar-refractivity contribution in [2.24, 2.45) is 0 Å². The molecule has 3 N–H and O–H groups in total. The SMILES string of the molecule is CC1(C(=O)NCC(O)c2ccccc2Cl)CCCN1.Cl. The molecule has 1 aliphatic rings. The molecule has 1 amide bonds. The Morgan fingerprint density at radius 3 is 2.85 bits per heavy atom. The summed E-state index contributed by atoms with van der Waals surface area (Å²) in [5, 5.41) is 16.5. The molecule has 2 rings (SSSR count). The molecule has 0 bridgehead atoms. The number of carbonyl (C=O) groups is 1. The second kappa shape index (κ2) is 7.27. The highest BCUT2D eigenvalue weighted by Crippen LogP contribution is 2.23. The molecule has 1 saturated heterocycles. The maximum absolute atomic E-state index is 12.1. The lowest BCUT2D eigenvalue weighted by molar-refractivity contribution is -0.127. The van der Waals surface area contributed by atoms with E-state index in [0.717, 1.165) is 19.4 Å². The lowest BCUT2D eigenvalue weighted by Gasteiger charge is -2.24. The molecule has 1 aromatic rings. The summed E-state index contributed by atoms with van der Waals surface area (Å²) in [7, 11) is 0. The molecule has 2 unspecified atom stereocenters. The van der Waals surface area contributed by atoms with Gasteiger partial charge in [-0.25, -0.2) is 0 Å². The summed E-state index contributed by atoms with van der Waals surface area (Å²) in [5.41, 5.74) is 0.120. The molecule has 1 heterocycles. The number of benzene rings is 1. The van der Waals surface area contributed by atoms with Gasteiger partial charge in [-0.15, -0.1) is 12.4 Å². The van der Waals surface area contributed by atoms with Gasteiger partial charge in [0, 0.05) is 17.1 Å². The van der Waals surface area contributed by atoms with Gasteiger partial charge in [-0.05, 0) is 32.4 Å². The van der Waals surface area contributed by atoms with Crippen LogP contribution in [0, 0.1) is 0 Å². The molecule has 1 aromatic carbocycles. The molecule has 1 aliphatic heterocycles. The Bertz CT molecular complexity index is 462. The van der Waals surface area contributed by atoms with Crippen LogP contribution in [0.5, 0.6) is 0 Å². The van der Waals surface area contributed by atoms with Gasteiger partial charge in [0.15, 0.2) is 0 Å². The Balaban J connectivity index is 0.00000200. The van der Waals surface area contributed by atoms with Gasteiger partial charge in [-0.1, -0.05) is 29.8 Å². The third-order valence-electron chi connectivity index (χ3n) is 3.59. The first-order valence-corrected chi connectivity index (χ1v) is 6.86. The van der Waals surface area contributed by atoms with Crippen LogP contribution in [0.2, 0.25) is 5.02 Å². The van der Waals surface area contributed by atoms with Gasteiger partial charge in [-0.3, -0.25) is 4.79 Å². The zero-order valence-corrected chi connectivity index (χ0v) is 12.9.